The summed E-state index contributed by atoms with van der Waals surface area (Å²) in [5, 5.41) is 14.1. The van der Waals surface area contributed by atoms with Crippen molar-refractivity contribution < 1.29 is 14.5 Å². The third kappa shape index (κ3) is 3.32. The van der Waals surface area contributed by atoms with Crippen molar-refractivity contribution in [3.8, 4) is 0 Å². The Balaban J connectivity index is 1.91. The summed E-state index contributed by atoms with van der Waals surface area (Å²) >= 11 is 1.39. The van der Waals surface area contributed by atoms with Gasteiger partial charge in [0, 0.05) is 22.1 Å². The van der Waals surface area contributed by atoms with Crippen LogP contribution in [-0.2, 0) is 12.8 Å². The molecule has 1 aliphatic rings. The lowest BCUT2D eigenvalue weighted by atomic mass is 9.88. The average Bonchev–Trinajstić information content (AvgIpc) is 2.91. The number of rotatable bonds is 4. The maximum Gasteiger partial charge on any atom is 0.272 e. The Bertz CT molecular complexity index is 919. The van der Waals surface area contributed by atoms with Crippen LogP contribution in [0, 0.1) is 23.0 Å². The van der Waals surface area contributed by atoms with Crippen molar-refractivity contribution in [3.05, 3.63) is 55.4 Å². The SMILES string of the molecule is Cc1cc(C(=O)Nc2sc3c(c2C(N)=O)CC[C@@H](C)C3)ccc1[N+](=O)[O-]. The van der Waals surface area contributed by atoms with E-state index < -0.39 is 16.7 Å². The maximum absolute atomic E-state index is 12.6. The molecule has 0 saturated heterocycles. The molecule has 26 heavy (non-hydrogen) atoms. The van der Waals surface area contributed by atoms with Gasteiger partial charge in [-0.05, 0) is 49.8 Å². The Kier molecular flexibility index (Phi) is 4.78. The zero-order valence-electron chi connectivity index (χ0n) is 14.5. The highest BCUT2D eigenvalue weighted by Crippen LogP contribution is 2.39. The number of anilines is 1. The number of aryl methyl sites for hydroxylation is 1. The zero-order chi connectivity index (χ0) is 19.0. The number of nitro benzene ring substituents is 1. The number of carbonyl (C=O) groups excluding carboxylic acids is 2. The Hall–Kier alpha value is -2.74. The molecule has 0 bridgehead atoms. The Morgan fingerprint density at radius 1 is 1.38 bits per heavy atom. The summed E-state index contributed by atoms with van der Waals surface area (Å²) in [7, 11) is 0. The first kappa shape index (κ1) is 18.1. The minimum absolute atomic E-state index is 0.0417. The molecule has 136 valence electrons. The number of nitro groups is 1. The molecule has 0 unspecified atom stereocenters. The maximum atomic E-state index is 12.6. The molecule has 2 amide bonds. The molecule has 0 aliphatic heterocycles. The van der Waals surface area contributed by atoms with Gasteiger partial charge < -0.3 is 11.1 Å². The number of thiophene rings is 1. The van der Waals surface area contributed by atoms with Gasteiger partial charge in [-0.2, -0.15) is 0 Å². The van der Waals surface area contributed by atoms with E-state index in [2.05, 4.69) is 12.2 Å². The summed E-state index contributed by atoms with van der Waals surface area (Å²) in [6.45, 7) is 3.74. The Morgan fingerprint density at radius 2 is 2.12 bits per heavy atom. The van der Waals surface area contributed by atoms with Gasteiger partial charge in [0.25, 0.3) is 17.5 Å². The van der Waals surface area contributed by atoms with E-state index in [1.807, 2.05) is 0 Å². The van der Waals surface area contributed by atoms with Crippen molar-refractivity contribution in [2.45, 2.75) is 33.1 Å². The van der Waals surface area contributed by atoms with Gasteiger partial charge in [0.2, 0.25) is 0 Å². The van der Waals surface area contributed by atoms with Crippen LogP contribution in [0.15, 0.2) is 18.2 Å². The largest absolute Gasteiger partial charge is 0.365 e. The molecule has 2 aromatic rings. The number of hydrogen-bond donors (Lipinski definition) is 2. The first-order valence-electron chi connectivity index (χ1n) is 8.28. The highest BCUT2D eigenvalue weighted by atomic mass is 32.1. The van der Waals surface area contributed by atoms with Crippen LogP contribution in [0.25, 0.3) is 0 Å². The highest BCUT2D eigenvalue weighted by molar-refractivity contribution is 7.17. The minimum Gasteiger partial charge on any atom is -0.365 e. The molecule has 1 heterocycles. The second kappa shape index (κ2) is 6.87. The third-order valence-corrected chi connectivity index (χ3v) is 5.81. The molecule has 1 aromatic carbocycles. The summed E-state index contributed by atoms with van der Waals surface area (Å²) in [4.78, 5) is 36.0. The Labute approximate surface area is 154 Å². The van der Waals surface area contributed by atoms with E-state index >= 15 is 0 Å². The summed E-state index contributed by atoms with van der Waals surface area (Å²) in [5.41, 5.74) is 7.54. The van der Waals surface area contributed by atoms with E-state index in [1.54, 1.807) is 6.92 Å². The van der Waals surface area contributed by atoms with Crippen LogP contribution >= 0.6 is 11.3 Å². The smallest absolute Gasteiger partial charge is 0.272 e. The van der Waals surface area contributed by atoms with Crippen LogP contribution < -0.4 is 11.1 Å². The number of nitrogens with two attached hydrogens (primary N) is 1. The quantitative estimate of drug-likeness (QED) is 0.631. The van der Waals surface area contributed by atoms with E-state index in [4.69, 9.17) is 5.73 Å². The molecule has 1 aromatic heterocycles. The second-order valence-corrected chi connectivity index (χ2v) is 7.74. The molecule has 8 heteroatoms. The Morgan fingerprint density at radius 3 is 2.73 bits per heavy atom. The third-order valence-electron chi connectivity index (χ3n) is 4.64. The molecule has 0 saturated carbocycles. The molecule has 1 aliphatic carbocycles. The molecule has 1 atom stereocenters. The van der Waals surface area contributed by atoms with Crippen LogP contribution in [0.5, 0.6) is 0 Å². The number of nitrogens with zero attached hydrogens (tertiary/aromatic N) is 1. The predicted molar refractivity (Wildman–Crippen MR) is 99.8 cm³/mol. The van der Waals surface area contributed by atoms with Gasteiger partial charge in [-0.15, -0.1) is 11.3 Å². The number of amides is 2. The van der Waals surface area contributed by atoms with E-state index in [1.165, 1.54) is 29.5 Å². The van der Waals surface area contributed by atoms with Crippen LogP contribution in [0.3, 0.4) is 0 Å². The summed E-state index contributed by atoms with van der Waals surface area (Å²) < 4.78 is 0. The van der Waals surface area contributed by atoms with Crippen molar-refractivity contribution >= 4 is 33.8 Å². The van der Waals surface area contributed by atoms with Crippen molar-refractivity contribution in [2.24, 2.45) is 11.7 Å². The van der Waals surface area contributed by atoms with Crippen molar-refractivity contribution in [3.63, 3.8) is 0 Å². The fraction of sp³-hybridized carbons (Fsp3) is 0.333. The molecule has 0 radical (unpaired) electrons. The van der Waals surface area contributed by atoms with E-state index in [0.717, 1.165) is 29.7 Å². The lowest BCUT2D eigenvalue weighted by Crippen LogP contribution is -2.19. The number of fused-ring (bicyclic) bond motifs is 1. The molecular formula is C18H19N3O4S. The van der Waals surface area contributed by atoms with Crippen LogP contribution in [0.2, 0.25) is 0 Å². The highest BCUT2D eigenvalue weighted by Gasteiger charge is 2.27. The predicted octanol–water partition coefficient (Wildman–Crippen LogP) is 3.44. The molecule has 0 fully saturated rings. The van der Waals surface area contributed by atoms with Crippen molar-refractivity contribution in [1.29, 1.82) is 0 Å². The van der Waals surface area contributed by atoms with Gasteiger partial charge in [0.15, 0.2) is 0 Å². The zero-order valence-corrected chi connectivity index (χ0v) is 15.3. The van der Waals surface area contributed by atoms with Gasteiger partial charge in [0.1, 0.15) is 5.00 Å². The number of primary amides is 1. The molecule has 3 rings (SSSR count). The van der Waals surface area contributed by atoms with Crippen LogP contribution in [-0.4, -0.2) is 16.7 Å². The van der Waals surface area contributed by atoms with E-state index in [9.17, 15) is 19.7 Å². The summed E-state index contributed by atoms with van der Waals surface area (Å²) in [5.74, 6) is -0.438. The summed E-state index contributed by atoms with van der Waals surface area (Å²) in [6, 6.07) is 4.17. The van der Waals surface area contributed by atoms with Crippen molar-refractivity contribution in [1.82, 2.24) is 0 Å². The van der Waals surface area contributed by atoms with E-state index in [-0.39, 0.29) is 5.69 Å². The lowest BCUT2D eigenvalue weighted by Gasteiger charge is -2.18. The topological polar surface area (TPSA) is 115 Å². The van der Waals surface area contributed by atoms with Gasteiger partial charge in [-0.25, -0.2) is 0 Å². The second-order valence-electron chi connectivity index (χ2n) is 6.63. The van der Waals surface area contributed by atoms with Gasteiger partial charge in [-0.3, -0.25) is 19.7 Å². The summed E-state index contributed by atoms with van der Waals surface area (Å²) in [6.07, 6.45) is 2.63. The number of nitrogens with one attached hydrogen (secondary N) is 1. The standard InChI is InChI=1S/C18H19N3O4S/c1-9-3-5-12-14(7-9)26-18(15(12)16(19)22)20-17(23)11-4-6-13(21(24)25)10(2)8-11/h4,6,8-9H,3,5,7H2,1-2H3,(H2,19,22)(H,20,23)/t9-/m1/s1. The minimum atomic E-state index is -0.549. The number of benzene rings is 1. The molecule has 7 nitrogen and oxygen atoms in total. The van der Waals surface area contributed by atoms with Gasteiger partial charge >= 0.3 is 0 Å². The lowest BCUT2D eigenvalue weighted by molar-refractivity contribution is -0.385. The monoisotopic (exact) mass is 373 g/mol. The van der Waals surface area contributed by atoms with Crippen LogP contribution in [0.1, 0.15) is 50.1 Å². The fourth-order valence-corrected chi connectivity index (χ4v) is 4.69. The first-order valence-corrected chi connectivity index (χ1v) is 9.10. The average molecular weight is 373 g/mol. The van der Waals surface area contributed by atoms with Gasteiger partial charge in [-0.1, -0.05) is 6.92 Å². The fourth-order valence-electron chi connectivity index (χ4n) is 3.28. The molecular weight excluding hydrogens is 354 g/mol. The van der Waals surface area contributed by atoms with Crippen LogP contribution in [0.4, 0.5) is 10.7 Å². The normalized spacial score (nSPS) is 16.0. The molecule has 0 spiro atoms. The number of carbonyl (C=O) groups is 2. The van der Waals surface area contributed by atoms with Crippen molar-refractivity contribution in [2.75, 3.05) is 5.32 Å². The number of hydrogen-bond acceptors (Lipinski definition) is 5. The molecule has 3 N–H and O–H groups in total. The van der Waals surface area contributed by atoms with E-state index in [0.29, 0.717) is 27.6 Å². The van der Waals surface area contributed by atoms with Gasteiger partial charge in [0.05, 0.1) is 10.5 Å². The first-order chi connectivity index (χ1) is 12.3.